The zero-order valence-electron chi connectivity index (χ0n) is 8.68. The fourth-order valence-electron chi connectivity index (χ4n) is 1.31. The minimum Gasteiger partial charge on any atom is -0.330 e. The Morgan fingerprint density at radius 1 is 1.27 bits per heavy atom. The van der Waals surface area contributed by atoms with Crippen LogP contribution in [-0.2, 0) is 9.84 Å². The van der Waals surface area contributed by atoms with Gasteiger partial charge in [-0.05, 0) is 30.7 Å². The van der Waals surface area contributed by atoms with Gasteiger partial charge >= 0.3 is 0 Å². The molecule has 1 atom stereocenters. The third-order valence-electron chi connectivity index (χ3n) is 2.21. The molecule has 0 heterocycles. The lowest BCUT2D eigenvalue weighted by atomic mass is 10.1. The van der Waals surface area contributed by atoms with Crippen molar-refractivity contribution in [1.82, 2.24) is 0 Å². The van der Waals surface area contributed by atoms with Crippen LogP contribution in [0.15, 0.2) is 29.2 Å². The summed E-state index contributed by atoms with van der Waals surface area (Å²) in [5.74, 6) is 0. The molecule has 5 heteroatoms. The maximum Gasteiger partial charge on any atom is 0.175 e. The molecule has 0 aromatic heterocycles. The zero-order valence-corrected chi connectivity index (χ0v) is 9.50. The third-order valence-corrected chi connectivity index (χ3v) is 3.34. The molecule has 1 aromatic carbocycles. The van der Waals surface area contributed by atoms with Crippen molar-refractivity contribution in [2.75, 3.05) is 12.8 Å². The fraction of sp³-hybridized carbons (Fsp3) is 0.400. The summed E-state index contributed by atoms with van der Waals surface area (Å²) in [6, 6.07) is 6.48. The van der Waals surface area contributed by atoms with Crippen LogP contribution in [0.25, 0.3) is 0 Å². The molecule has 0 amide bonds. The molecule has 0 unspecified atom stereocenters. The van der Waals surface area contributed by atoms with Crippen molar-refractivity contribution >= 4 is 9.84 Å². The van der Waals surface area contributed by atoms with Crippen LogP contribution in [0.2, 0.25) is 0 Å². The van der Waals surface area contributed by atoms with Crippen LogP contribution in [0, 0.1) is 0 Å². The monoisotopic (exact) mass is 228 g/mol. The van der Waals surface area contributed by atoms with Gasteiger partial charge in [-0.1, -0.05) is 12.1 Å². The van der Waals surface area contributed by atoms with E-state index in [1.165, 1.54) is 6.26 Å². The van der Waals surface area contributed by atoms with Crippen molar-refractivity contribution < 1.29 is 8.42 Å². The van der Waals surface area contributed by atoms with Gasteiger partial charge < -0.3 is 11.5 Å². The first-order valence-electron chi connectivity index (χ1n) is 4.71. The Morgan fingerprint density at radius 3 is 2.20 bits per heavy atom. The number of sulfone groups is 1. The van der Waals surface area contributed by atoms with Gasteiger partial charge in [0.1, 0.15) is 0 Å². The lowest BCUT2D eigenvalue weighted by Gasteiger charge is -2.10. The molecular weight excluding hydrogens is 212 g/mol. The summed E-state index contributed by atoms with van der Waals surface area (Å²) in [5.41, 5.74) is 12.1. The van der Waals surface area contributed by atoms with Gasteiger partial charge in [0.15, 0.2) is 9.84 Å². The summed E-state index contributed by atoms with van der Waals surface area (Å²) in [6.45, 7) is 0.523. The van der Waals surface area contributed by atoms with Crippen molar-refractivity contribution in [3.8, 4) is 0 Å². The summed E-state index contributed by atoms with van der Waals surface area (Å²) in [4.78, 5) is 0.311. The van der Waals surface area contributed by atoms with E-state index in [1.807, 2.05) is 0 Å². The Bertz CT molecular complexity index is 412. The first-order valence-corrected chi connectivity index (χ1v) is 6.60. The second kappa shape index (κ2) is 4.74. The highest BCUT2D eigenvalue weighted by atomic mass is 32.2. The number of nitrogens with two attached hydrogens (primary N) is 2. The van der Waals surface area contributed by atoms with Gasteiger partial charge in [-0.15, -0.1) is 0 Å². The van der Waals surface area contributed by atoms with E-state index in [9.17, 15) is 8.42 Å². The Kier molecular flexibility index (Phi) is 3.84. The lowest BCUT2D eigenvalue weighted by Crippen LogP contribution is -2.15. The topological polar surface area (TPSA) is 86.2 Å². The summed E-state index contributed by atoms with van der Waals surface area (Å²) < 4.78 is 22.4. The standard InChI is InChI=1S/C10H16N2O2S/c1-15(13,14)9-4-2-8(3-5-9)10(12)6-7-11/h2-5,10H,6-7,11-12H2,1H3/t10-/m1/s1. The van der Waals surface area contributed by atoms with Gasteiger partial charge in [0.05, 0.1) is 4.90 Å². The van der Waals surface area contributed by atoms with Crippen molar-refractivity contribution in [3.05, 3.63) is 29.8 Å². The van der Waals surface area contributed by atoms with Crippen LogP contribution < -0.4 is 11.5 Å². The highest BCUT2D eigenvalue weighted by Crippen LogP contribution is 2.16. The quantitative estimate of drug-likeness (QED) is 0.783. The predicted octanol–water partition coefficient (Wildman–Crippen LogP) is 0.439. The second-order valence-electron chi connectivity index (χ2n) is 3.53. The molecule has 84 valence electrons. The molecule has 4 nitrogen and oxygen atoms in total. The Hall–Kier alpha value is -0.910. The molecular formula is C10H16N2O2S. The van der Waals surface area contributed by atoms with Crippen LogP contribution in [0.3, 0.4) is 0 Å². The van der Waals surface area contributed by atoms with Crippen LogP contribution in [0.5, 0.6) is 0 Å². The molecule has 1 rings (SSSR count). The van der Waals surface area contributed by atoms with Gasteiger partial charge in [-0.2, -0.15) is 0 Å². The van der Waals surface area contributed by atoms with E-state index >= 15 is 0 Å². The largest absolute Gasteiger partial charge is 0.330 e. The van der Waals surface area contributed by atoms with E-state index < -0.39 is 9.84 Å². The fourth-order valence-corrected chi connectivity index (χ4v) is 1.94. The summed E-state index contributed by atoms with van der Waals surface area (Å²) in [6.07, 6.45) is 1.88. The molecule has 15 heavy (non-hydrogen) atoms. The maximum absolute atomic E-state index is 11.2. The van der Waals surface area contributed by atoms with E-state index in [4.69, 9.17) is 11.5 Å². The van der Waals surface area contributed by atoms with Gasteiger partial charge in [0, 0.05) is 12.3 Å². The Balaban J connectivity index is 2.90. The average Bonchev–Trinajstić information content (AvgIpc) is 2.17. The smallest absolute Gasteiger partial charge is 0.175 e. The van der Waals surface area contributed by atoms with Crippen molar-refractivity contribution in [2.45, 2.75) is 17.4 Å². The van der Waals surface area contributed by atoms with E-state index in [1.54, 1.807) is 24.3 Å². The zero-order chi connectivity index (χ0) is 11.5. The van der Waals surface area contributed by atoms with Gasteiger partial charge in [0.2, 0.25) is 0 Å². The molecule has 0 fully saturated rings. The van der Waals surface area contributed by atoms with E-state index in [0.717, 1.165) is 5.56 Å². The van der Waals surface area contributed by atoms with E-state index in [0.29, 0.717) is 17.9 Å². The summed E-state index contributed by atoms with van der Waals surface area (Å²) >= 11 is 0. The SMILES string of the molecule is CS(=O)(=O)c1ccc([C@H](N)CCN)cc1. The Labute approximate surface area is 90.2 Å². The van der Waals surface area contributed by atoms with E-state index in [2.05, 4.69) is 0 Å². The number of rotatable bonds is 4. The van der Waals surface area contributed by atoms with Crippen LogP contribution in [0.4, 0.5) is 0 Å². The van der Waals surface area contributed by atoms with Crippen molar-refractivity contribution in [3.63, 3.8) is 0 Å². The predicted molar refractivity (Wildman–Crippen MR) is 60.2 cm³/mol. The second-order valence-corrected chi connectivity index (χ2v) is 5.54. The van der Waals surface area contributed by atoms with Gasteiger partial charge in [0.25, 0.3) is 0 Å². The molecule has 0 bridgehead atoms. The molecule has 0 aliphatic rings. The normalized spacial score (nSPS) is 13.8. The maximum atomic E-state index is 11.2. The first-order chi connectivity index (χ1) is 6.95. The molecule has 4 N–H and O–H groups in total. The molecule has 0 aliphatic carbocycles. The minimum atomic E-state index is -3.12. The summed E-state index contributed by atoms with van der Waals surface area (Å²) in [5, 5.41) is 0. The number of benzene rings is 1. The average molecular weight is 228 g/mol. The van der Waals surface area contributed by atoms with Gasteiger partial charge in [-0.3, -0.25) is 0 Å². The lowest BCUT2D eigenvalue weighted by molar-refractivity contribution is 0.601. The highest BCUT2D eigenvalue weighted by molar-refractivity contribution is 7.90. The van der Waals surface area contributed by atoms with Crippen molar-refractivity contribution in [1.29, 1.82) is 0 Å². The van der Waals surface area contributed by atoms with Crippen LogP contribution >= 0.6 is 0 Å². The van der Waals surface area contributed by atoms with Crippen molar-refractivity contribution in [2.24, 2.45) is 11.5 Å². The number of hydrogen-bond acceptors (Lipinski definition) is 4. The van der Waals surface area contributed by atoms with Gasteiger partial charge in [-0.25, -0.2) is 8.42 Å². The molecule has 0 aliphatic heterocycles. The van der Waals surface area contributed by atoms with Crippen LogP contribution in [0.1, 0.15) is 18.0 Å². The molecule has 0 saturated carbocycles. The number of hydrogen-bond donors (Lipinski definition) is 2. The molecule has 0 radical (unpaired) electrons. The molecule has 0 saturated heterocycles. The van der Waals surface area contributed by atoms with Crippen LogP contribution in [-0.4, -0.2) is 21.2 Å². The molecule has 1 aromatic rings. The third kappa shape index (κ3) is 3.30. The Morgan fingerprint density at radius 2 is 1.80 bits per heavy atom. The molecule has 0 spiro atoms. The summed E-state index contributed by atoms with van der Waals surface area (Å²) in [7, 11) is -3.12. The first kappa shape index (κ1) is 12.2. The minimum absolute atomic E-state index is 0.122. The van der Waals surface area contributed by atoms with E-state index in [-0.39, 0.29) is 6.04 Å². The highest BCUT2D eigenvalue weighted by Gasteiger charge is 2.08.